The molecule has 0 spiro atoms. The first-order valence-electron chi connectivity index (χ1n) is 5.62. The molecule has 0 atom stereocenters. The van der Waals surface area contributed by atoms with E-state index in [0.29, 0.717) is 0 Å². The molecule has 0 amide bonds. The second kappa shape index (κ2) is 4.58. The van der Waals surface area contributed by atoms with Gasteiger partial charge in [-0.2, -0.15) is 0 Å². The maximum atomic E-state index is 5.69. The van der Waals surface area contributed by atoms with Crippen LogP contribution in [0.2, 0.25) is 0 Å². The highest BCUT2D eigenvalue weighted by Crippen LogP contribution is 2.24. The number of hydrogen-bond acceptors (Lipinski definition) is 2. The third-order valence-electron chi connectivity index (χ3n) is 2.48. The van der Waals surface area contributed by atoms with Gasteiger partial charge in [0.2, 0.25) is 0 Å². The molecule has 2 aromatic rings. The SMILES string of the molecule is CNCc1c[nH]c2ccc(OC(C)C)cc12. The largest absolute Gasteiger partial charge is 0.491 e. The fourth-order valence-electron chi connectivity index (χ4n) is 1.84. The van der Waals surface area contributed by atoms with Crippen molar-refractivity contribution >= 4 is 10.9 Å². The topological polar surface area (TPSA) is 37.0 Å². The van der Waals surface area contributed by atoms with Crippen LogP contribution in [0.4, 0.5) is 0 Å². The minimum absolute atomic E-state index is 0.212. The lowest BCUT2D eigenvalue weighted by Crippen LogP contribution is -2.06. The van der Waals surface area contributed by atoms with Crippen molar-refractivity contribution in [1.82, 2.24) is 10.3 Å². The summed E-state index contributed by atoms with van der Waals surface area (Å²) in [5.74, 6) is 0.930. The predicted molar refractivity (Wildman–Crippen MR) is 66.8 cm³/mol. The Labute approximate surface area is 95.8 Å². The van der Waals surface area contributed by atoms with Gasteiger partial charge in [0.1, 0.15) is 5.75 Å². The van der Waals surface area contributed by atoms with E-state index in [-0.39, 0.29) is 6.10 Å². The molecule has 1 aromatic heterocycles. The summed E-state index contributed by atoms with van der Waals surface area (Å²) >= 11 is 0. The molecule has 2 rings (SSSR count). The fraction of sp³-hybridized carbons (Fsp3) is 0.385. The molecule has 0 aliphatic rings. The standard InChI is InChI=1S/C13H18N2O/c1-9(2)16-11-4-5-13-12(6-11)10(7-14-3)8-15-13/h4-6,8-9,14-15H,7H2,1-3H3. The van der Waals surface area contributed by atoms with Crippen molar-refractivity contribution < 1.29 is 4.74 Å². The molecule has 0 aliphatic carbocycles. The van der Waals surface area contributed by atoms with E-state index < -0.39 is 0 Å². The van der Waals surface area contributed by atoms with Crippen LogP contribution in [0.5, 0.6) is 5.75 Å². The Balaban J connectivity index is 2.37. The molecule has 0 fully saturated rings. The van der Waals surface area contributed by atoms with Gasteiger partial charge in [-0.15, -0.1) is 0 Å². The molecule has 1 heterocycles. The molecule has 16 heavy (non-hydrogen) atoms. The van der Waals surface area contributed by atoms with E-state index in [0.717, 1.165) is 17.8 Å². The summed E-state index contributed by atoms with van der Waals surface area (Å²) < 4.78 is 5.69. The molecule has 2 N–H and O–H groups in total. The minimum atomic E-state index is 0.212. The van der Waals surface area contributed by atoms with Gasteiger partial charge in [0.25, 0.3) is 0 Å². The van der Waals surface area contributed by atoms with E-state index in [1.54, 1.807) is 0 Å². The summed E-state index contributed by atoms with van der Waals surface area (Å²) in [5, 5.41) is 4.39. The van der Waals surface area contributed by atoms with Crippen LogP contribution in [-0.4, -0.2) is 18.1 Å². The summed E-state index contributed by atoms with van der Waals surface area (Å²) in [4.78, 5) is 3.26. The number of H-pyrrole nitrogens is 1. The Morgan fingerprint density at radius 2 is 2.19 bits per heavy atom. The summed E-state index contributed by atoms with van der Waals surface area (Å²) in [5.41, 5.74) is 2.42. The third-order valence-corrected chi connectivity index (χ3v) is 2.48. The van der Waals surface area contributed by atoms with Gasteiger partial charge >= 0.3 is 0 Å². The lowest BCUT2D eigenvalue weighted by atomic mass is 10.1. The molecular formula is C13H18N2O. The molecule has 0 unspecified atom stereocenters. The van der Waals surface area contributed by atoms with Crippen molar-refractivity contribution in [2.24, 2.45) is 0 Å². The van der Waals surface area contributed by atoms with Gasteiger partial charge in [0.05, 0.1) is 6.10 Å². The fourth-order valence-corrected chi connectivity index (χ4v) is 1.84. The van der Waals surface area contributed by atoms with Gasteiger partial charge < -0.3 is 15.0 Å². The van der Waals surface area contributed by atoms with Crippen molar-refractivity contribution in [1.29, 1.82) is 0 Å². The summed E-state index contributed by atoms with van der Waals surface area (Å²) in [6.45, 7) is 4.94. The van der Waals surface area contributed by atoms with Crippen molar-refractivity contribution in [3.8, 4) is 5.75 Å². The minimum Gasteiger partial charge on any atom is -0.491 e. The van der Waals surface area contributed by atoms with Gasteiger partial charge in [-0.25, -0.2) is 0 Å². The van der Waals surface area contributed by atoms with Gasteiger partial charge in [0, 0.05) is 23.6 Å². The second-order valence-electron chi connectivity index (χ2n) is 4.22. The number of aromatic amines is 1. The van der Waals surface area contributed by atoms with Crippen molar-refractivity contribution in [3.63, 3.8) is 0 Å². The van der Waals surface area contributed by atoms with Crippen molar-refractivity contribution in [2.75, 3.05) is 7.05 Å². The first kappa shape index (κ1) is 11.0. The normalized spacial score (nSPS) is 11.2. The predicted octanol–water partition coefficient (Wildman–Crippen LogP) is 2.67. The van der Waals surface area contributed by atoms with Crippen LogP contribution in [0.25, 0.3) is 10.9 Å². The van der Waals surface area contributed by atoms with E-state index in [1.807, 2.05) is 33.2 Å². The van der Waals surface area contributed by atoms with Crippen LogP contribution < -0.4 is 10.1 Å². The average Bonchev–Trinajstić information content (AvgIpc) is 2.61. The summed E-state index contributed by atoms with van der Waals surface area (Å²) in [7, 11) is 1.95. The smallest absolute Gasteiger partial charge is 0.120 e. The molecule has 1 aromatic carbocycles. The monoisotopic (exact) mass is 218 g/mol. The number of aromatic nitrogens is 1. The molecule has 0 saturated carbocycles. The van der Waals surface area contributed by atoms with Crippen molar-refractivity contribution in [2.45, 2.75) is 26.5 Å². The van der Waals surface area contributed by atoms with Gasteiger partial charge in [0.15, 0.2) is 0 Å². The second-order valence-corrected chi connectivity index (χ2v) is 4.22. The van der Waals surface area contributed by atoms with Crippen LogP contribution >= 0.6 is 0 Å². The number of benzene rings is 1. The number of hydrogen-bond donors (Lipinski definition) is 2. The van der Waals surface area contributed by atoms with E-state index in [1.165, 1.54) is 10.9 Å². The average molecular weight is 218 g/mol. The van der Waals surface area contributed by atoms with Crippen LogP contribution in [0.3, 0.4) is 0 Å². The zero-order valence-corrected chi connectivity index (χ0v) is 10.0. The zero-order valence-electron chi connectivity index (χ0n) is 10.0. The van der Waals surface area contributed by atoms with E-state index in [4.69, 9.17) is 4.74 Å². The lowest BCUT2D eigenvalue weighted by Gasteiger charge is -2.09. The van der Waals surface area contributed by atoms with E-state index >= 15 is 0 Å². The van der Waals surface area contributed by atoms with Crippen LogP contribution in [0.15, 0.2) is 24.4 Å². The van der Waals surface area contributed by atoms with Crippen molar-refractivity contribution in [3.05, 3.63) is 30.0 Å². The van der Waals surface area contributed by atoms with Crippen LogP contribution in [-0.2, 0) is 6.54 Å². The lowest BCUT2D eigenvalue weighted by molar-refractivity contribution is 0.243. The molecule has 86 valence electrons. The number of ether oxygens (including phenoxy) is 1. The van der Waals surface area contributed by atoms with Crippen LogP contribution in [0, 0.1) is 0 Å². The van der Waals surface area contributed by atoms with Gasteiger partial charge in [-0.1, -0.05) is 0 Å². The van der Waals surface area contributed by atoms with Gasteiger partial charge in [-0.05, 0) is 44.7 Å². The molecule has 0 saturated heterocycles. The Morgan fingerprint density at radius 3 is 2.88 bits per heavy atom. The van der Waals surface area contributed by atoms with Gasteiger partial charge in [-0.3, -0.25) is 0 Å². The first-order chi connectivity index (χ1) is 7.70. The maximum Gasteiger partial charge on any atom is 0.120 e. The molecule has 0 radical (unpaired) electrons. The first-order valence-corrected chi connectivity index (χ1v) is 5.62. The molecule has 3 heteroatoms. The zero-order chi connectivity index (χ0) is 11.5. The highest BCUT2D eigenvalue weighted by Gasteiger charge is 2.05. The van der Waals surface area contributed by atoms with E-state index in [9.17, 15) is 0 Å². The Bertz CT molecular complexity index is 474. The molecular weight excluding hydrogens is 200 g/mol. The summed E-state index contributed by atoms with van der Waals surface area (Å²) in [6.07, 6.45) is 2.25. The highest BCUT2D eigenvalue weighted by molar-refractivity contribution is 5.84. The number of rotatable bonds is 4. The quantitative estimate of drug-likeness (QED) is 0.827. The Hall–Kier alpha value is -1.48. The van der Waals surface area contributed by atoms with Crippen LogP contribution in [0.1, 0.15) is 19.4 Å². The Morgan fingerprint density at radius 1 is 1.38 bits per heavy atom. The number of nitrogens with one attached hydrogen (secondary N) is 2. The molecule has 0 bridgehead atoms. The molecule has 3 nitrogen and oxygen atoms in total. The highest BCUT2D eigenvalue weighted by atomic mass is 16.5. The Kier molecular flexibility index (Phi) is 3.15. The van der Waals surface area contributed by atoms with E-state index in [2.05, 4.69) is 22.4 Å². The number of fused-ring (bicyclic) bond motifs is 1. The third kappa shape index (κ3) is 2.19. The summed E-state index contributed by atoms with van der Waals surface area (Å²) in [6, 6.07) is 6.16. The maximum absolute atomic E-state index is 5.69. The molecule has 0 aliphatic heterocycles.